The molecule has 3 aromatic carbocycles. The Hall–Kier alpha value is -5.23. The van der Waals surface area contributed by atoms with E-state index < -0.39 is 0 Å². The SMILES string of the molecule is Cc1nn(-c2ccccc2)c2nc(Cc3ccccc3)nc(N3CCCN(C(=O)Nc4cccc(C#N)c4)CC3)c12. The number of para-hydroxylation sites is 1. The Bertz CT molecular complexity index is 1730. The van der Waals surface area contributed by atoms with Gasteiger partial charge in [0.2, 0.25) is 0 Å². The van der Waals surface area contributed by atoms with Crippen LogP contribution in [0, 0.1) is 18.3 Å². The van der Waals surface area contributed by atoms with E-state index in [1.165, 1.54) is 0 Å². The van der Waals surface area contributed by atoms with Crippen LogP contribution >= 0.6 is 0 Å². The Morgan fingerprint density at radius 1 is 0.927 bits per heavy atom. The van der Waals surface area contributed by atoms with Gasteiger partial charge in [-0.05, 0) is 49.2 Å². The van der Waals surface area contributed by atoms with Crippen molar-refractivity contribution in [3.05, 3.63) is 108 Å². The number of aromatic nitrogens is 4. The number of anilines is 2. The molecule has 204 valence electrons. The van der Waals surface area contributed by atoms with Gasteiger partial charge in [0.1, 0.15) is 11.6 Å². The maximum atomic E-state index is 13.1. The highest BCUT2D eigenvalue weighted by atomic mass is 16.2. The minimum atomic E-state index is -0.174. The van der Waals surface area contributed by atoms with Gasteiger partial charge in [0, 0.05) is 38.3 Å². The van der Waals surface area contributed by atoms with Crippen molar-refractivity contribution in [1.82, 2.24) is 24.6 Å². The number of nitrogens with zero attached hydrogens (tertiary/aromatic N) is 7. The summed E-state index contributed by atoms with van der Waals surface area (Å²) >= 11 is 0. The summed E-state index contributed by atoms with van der Waals surface area (Å²) in [6.45, 7) is 4.53. The number of fused-ring (bicyclic) bond motifs is 1. The highest BCUT2D eigenvalue weighted by molar-refractivity contribution is 5.91. The van der Waals surface area contributed by atoms with Crippen molar-refractivity contribution in [3.63, 3.8) is 0 Å². The lowest BCUT2D eigenvalue weighted by Crippen LogP contribution is -2.38. The maximum absolute atomic E-state index is 13.1. The Kier molecular flexibility index (Phi) is 7.28. The molecule has 1 fully saturated rings. The van der Waals surface area contributed by atoms with Crippen molar-refractivity contribution in [2.75, 3.05) is 36.4 Å². The molecule has 1 aliphatic heterocycles. The fraction of sp³-hybridized carbons (Fsp3) is 0.219. The quantitative estimate of drug-likeness (QED) is 0.322. The predicted octanol–water partition coefficient (Wildman–Crippen LogP) is 5.33. The monoisotopic (exact) mass is 542 g/mol. The Labute approximate surface area is 238 Å². The van der Waals surface area contributed by atoms with Crippen LogP contribution in [-0.2, 0) is 6.42 Å². The average Bonchev–Trinajstić information content (AvgIpc) is 3.16. The molecule has 2 amide bonds. The number of nitriles is 1. The number of aryl methyl sites for hydroxylation is 1. The van der Waals surface area contributed by atoms with E-state index in [0.717, 1.165) is 52.6 Å². The number of carbonyl (C=O) groups excluding carboxylic acids is 1. The minimum Gasteiger partial charge on any atom is -0.354 e. The molecule has 0 saturated carbocycles. The van der Waals surface area contributed by atoms with Gasteiger partial charge in [-0.3, -0.25) is 0 Å². The molecule has 0 atom stereocenters. The highest BCUT2D eigenvalue weighted by Gasteiger charge is 2.25. The van der Waals surface area contributed by atoms with Crippen LogP contribution < -0.4 is 10.2 Å². The van der Waals surface area contributed by atoms with Crippen LogP contribution in [0.1, 0.15) is 29.1 Å². The average molecular weight is 543 g/mol. The molecule has 9 nitrogen and oxygen atoms in total. The molecular weight excluding hydrogens is 512 g/mol. The van der Waals surface area contributed by atoms with Gasteiger partial charge in [0.15, 0.2) is 5.65 Å². The van der Waals surface area contributed by atoms with Gasteiger partial charge in [0.25, 0.3) is 0 Å². The lowest BCUT2D eigenvalue weighted by Gasteiger charge is -2.24. The van der Waals surface area contributed by atoms with E-state index in [-0.39, 0.29) is 6.03 Å². The van der Waals surface area contributed by atoms with Crippen LogP contribution in [-0.4, -0.2) is 56.9 Å². The molecule has 0 radical (unpaired) electrons. The molecule has 1 N–H and O–H groups in total. The number of benzene rings is 3. The van der Waals surface area contributed by atoms with Crippen molar-refractivity contribution in [1.29, 1.82) is 5.26 Å². The number of amides is 2. The molecule has 41 heavy (non-hydrogen) atoms. The first-order valence-electron chi connectivity index (χ1n) is 13.8. The van der Waals surface area contributed by atoms with E-state index in [1.807, 2.05) is 65.0 Å². The summed E-state index contributed by atoms with van der Waals surface area (Å²) in [4.78, 5) is 27.3. The summed E-state index contributed by atoms with van der Waals surface area (Å²) in [5.74, 6) is 1.58. The number of urea groups is 1. The second-order valence-corrected chi connectivity index (χ2v) is 10.1. The summed E-state index contributed by atoms with van der Waals surface area (Å²) in [6, 6.07) is 29.2. The van der Waals surface area contributed by atoms with Crippen molar-refractivity contribution in [2.24, 2.45) is 0 Å². The zero-order valence-electron chi connectivity index (χ0n) is 22.9. The topological polar surface area (TPSA) is 103 Å². The zero-order valence-corrected chi connectivity index (χ0v) is 22.9. The first kappa shape index (κ1) is 26.0. The third kappa shape index (κ3) is 5.58. The molecule has 0 aliphatic carbocycles. The fourth-order valence-corrected chi connectivity index (χ4v) is 5.24. The normalized spacial score (nSPS) is 13.6. The number of hydrogen-bond acceptors (Lipinski definition) is 6. The van der Waals surface area contributed by atoms with Gasteiger partial charge < -0.3 is 15.1 Å². The molecule has 1 saturated heterocycles. The third-order valence-electron chi connectivity index (χ3n) is 7.26. The molecule has 1 aliphatic rings. The largest absolute Gasteiger partial charge is 0.354 e. The van der Waals surface area contributed by atoms with Crippen LogP contribution in [0.15, 0.2) is 84.9 Å². The number of rotatable bonds is 5. The molecular formula is C32H30N8O. The van der Waals surface area contributed by atoms with Crippen LogP contribution in [0.3, 0.4) is 0 Å². The highest BCUT2D eigenvalue weighted by Crippen LogP contribution is 2.30. The number of carbonyl (C=O) groups is 1. The van der Waals surface area contributed by atoms with Gasteiger partial charge in [-0.2, -0.15) is 10.4 Å². The zero-order chi connectivity index (χ0) is 28.2. The van der Waals surface area contributed by atoms with E-state index in [9.17, 15) is 10.1 Å². The predicted molar refractivity (Wildman–Crippen MR) is 159 cm³/mol. The van der Waals surface area contributed by atoms with Crippen molar-refractivity contribution < 1.29 is 4.79 Å². The van der Waals surface area contributed by atoms with E-state index in [0.29, 0.717) is 37.3 Å². The van der Waals surface area contributed by atoms with Gasteiger partial charge in [-0.1, -0.05) is 54.6 Å². The summed E-state index contributed by atoms with van der Waals surface area (Å²) < 4.78 is 1.90. The van der Waals surface area contributed by atoms with Gasteiger partial charge in [0.05, 0.1) is 28.4 Å². The van der Waals surface area contributed by atoms with Crippen molar-refractivity contribution >= 4 is 28.6 Å². The molecule has 6 rings (SSSR count). The van der Waals surface area contributed by atoms with E-state index in [2.05, 4.69) is 28.4 Å². The number of hydrogen-bond donors (Lipinski definition) is 1. The summed E-state index contributed by atoms with van der Waals surface area (Å²) in [7, 11) is 0. The lowest BCUT2D eigenvalue weighted by molar-refractivity contribution is 0.215. The third-order valence-corrected chi connectivity index (χ3v) is 7.26. The smallest absolute Gasteiger partial charge is 0.321 e. The Balaban J connectivity index is 1.32. The van der Waals surface area contributed by atoms with Crippen LogP contribution in [0.5, 0.6) is 0 Å². The summed E-state index contributed by atoms with van der Waals surface area (Å²) in [5.41, 5.74) is 4.85. The summed E-state index contributed by atoms with van der Waals surface area (Å²) in [6.07, 6.45) is 1.39. The molecule has 2 aromatic heterocycles. The van der Waals surface area contributed by atoms with Gasteiger partial charge in [-0.25, -0.2) is 19.4 Å². The van der Waals surface area contributed by atoms with Gasteiger partial charge in [-0.15, -0.1) is 0 Å². The molecule has 0 spiro atoms. The second kappa shape index (κ2) is 11.5. The van der Waals surface area contributed by atoms with E-state index >= 15 is 0 Å². The van der Waals surface area contributed by atoms with Crippen LogP contribution in [0.4, 0.5) is 16.3 Å². The first-order chi connectivity index (χ1) is 20.1. The minimum absolute atomic E-state index is 0.174. The maximum Gasteiger partial charge on any atom is 0.321 e. The van der Waals surface area contributed by atoms with Gasteiger partial charge >= 0.3 is 6.03 Å². The number of nitrogens with one attached hydrogen (secondary N) is 1. The molecule has 0 unspecified atom stereocenters. The summed E-state index contributed by atoms with van der Waals surface area (Å²) in [5, 5.41) is 17.9. The first-order valence-corrected chi connectivity index (χ1v) is 13.8. The lowest BCUT2D eigenvalue weighted by atomic mass is 10.1. The van der Waals surface area contributed by atoms with E-state index in [4.69, 9.17) is 15.1 Å². The molecule has 5 aromatic rings. The standard InChI is InChI=1S/C32H30N8O/c1-23-29-30(38-16-9-17-39(19-18-38)32(41)34-26-13-8-12-25(20-26)22-33)35-28(21-24-10-4-2-5-11-24)36-31(29)40(37-23)27-14-6-3-7-15-27/h2-8,10-15,20H,9,16-19,21H2,1H3,(H,34,41). The Morgan fingerprint density at radius 3 is 2.49 bits per heavy atom. The molecule has 3 heterocycles. The second-order valence-electron chi connectivity index (χ2n) is 10.1. The Morgan fingerprint density at radius 2 is 1.71 bits per heavy atom. The molecule has 9 heteroatoms. The van der Waals surface area contributed by atoms with Crippen LogP contribution in [0.2, 0.25) is 0 Å². The van der Waals surface area contributed by atoms with Crippen molar-refractivity contribution in [2.45, 2.75) is 19.8 Å². The van der Waals surface area contributed by atoms with Crippen molar-refractivity contribution in [3.8, 4) is 11.8 Å². The molecule has 0 bridgehead atoms. The van der Waals surface area contributed by atoms with Crippen LogP contribution in [0.25, 0.3) is 16.7 Å². The fourth-order valence-electron chi connectivity index (χ4n) is 5.24. The van der Waals surface area contributed by atoms with E-state index in [1.54, 1.807) is 24.3 Å².